The Labute approximate surface area is 167 Å². The minimum atomic E-state index is -0.399. The highest BCUT2D eigenvalue weighted by atomic mass is 32.1. The van der Waals surface area contributed by atoms with Gasteiger partial charge < -0.3 is 10.1 Å². The maximum absolute atomic E-state index is 12.8. The van der Waals surface area contributed by atoms with Crippen molar-refractivity contribution >= 4 is 39.6 Å². The normalized spacial score (nSPS) is 19.6. The number of anilines is 1. The molecule has 0 saturated heterocycles. The molecule has 5 nitrogen and oxygen atoms in total. The van der Waals surface area contributed by atoms with Crippen LogP contribution in [0, 0.1) is 19.8 Å². The standard InChI is InChI=1S/C20H24N2O3S2/c1-11-12(2)27-19(17(11)20(24)25-3)21-16(23)10-22-8-6-15-14(7-9-26-15)18(22)13-4-5-13/h7,9,13,18H,4-6,8,10H2,1-3H3,(H,21,23)/t18-/m1/s1. The summed E-state index contributed by atoms with van der Waals surface area (Å²) in [6.45, 7) is 5.11. The average molecular weight is 405 g/mol. The number of methoxy groups -OCH3 is 1. The van der Waals surface area contributed by atoms with Crippen LogP contribution in [0.4, 0.5) is 5.00 Å². The maximum Gasteiger partial charge on any atom is 0.341 e. The number of amides is 1. The van der Waals surface area contributed by atoms with Crippen LogP contribution in [0.1, 0.15) is 50.1 Å². The summed E-state index contributed by atoms with van der Waals surface area (Å²) in [5.41, 5.74) is 2.77. The number of thiophene rings is 2. The fraction of sp³-hybridized carbons (Fsp3) is 0.500. The third kappa shape index (κ3) is 3.56. The van der Waals surface area contributed by atoms with Crippen LogP contribution in [0.3, 0.4) is 0 Å². The Kier molecular flexibility index (Phi) is 5.09. The molecule has 1 fully saturated rings. The van der Waals surface area contributed by atoms with Crippen molar-refractivity contribution < 1.29 is 14.3 Å². The van der Waals surface area contributed by atoms with Crippen LogP contribution >= 0.6 is 22.7 Å². The second kappa shape index (κ2) is 7.37. The van der Waals surface area contributed by atoms with Gasteiger partial charge in [-0.15, -0.1) is 22.7 Å². The van der Waals surface area contributed by atoms with Gasteiger partial charge in [-0.05, 0) is 61.6 Å². The molecule has 4 rings (SSSR count). The van der Waals surface area contributed by atoms with E-state index in [2.05, 4.69) is 21.7 Å². The van der Waals surface area contributed by atoms with Gasteiger partial charge in [0.25, 0.3) is 0 Å². The van der Waals surface area contributed by atoms with Gasteiger partial charge in [-0.1, -0.05) is 0 Å². The number of carbonyl (C=O) groups is 2. The topological polar surface area (TPSA) is 58.6 Å². The molecule has 27 heavy (non-hydrogen) atoms. The molecule has 0 bridgehead atoms. The maximum atomic E-state index is 12.8. The summed E-state index contributed by atoms with van der Waals surface area (Å²) in [5.74, 6) is 0.206. The van der Waals surface area contributed by atoms with Crippen LogP contribution in [0.15, 0.2) is 11.4 Å². The number of nitrogens with one attached hydrogen (secondary N) is 1. The van der Waals surface area contributed by atoms with Gasteiger partial charge in [-0.25, -0.2) is 4.79 Å². The molecule has 7 heteroatoms. The summed E-state index contributed by atoms with van der Waals surface area (Å²) in [6, 6.07) is 2.59. The average Bonchev–Trinajstić information content (AvgIpc) is 3.29. The summed E-state index contributed by atoms with van der Waals surface area (Å²) >= 11 is 3.27. The van der Waals surface area contributed by atoms with Gasteiger partial charge in [0.05, 0.1) is 19.2 Å². The van der Waals surface area contributed by atoms with Crippen molar-refractivity contribution in [3.05, 3.63) is 37.9 Å². The first-order valence-corrected chi connectivity index (χ1v) is 11.0. The number of hydrogen-bond donors (Lipinski definition) is 1. The van der Waals surface area contributed by atoms with Crippen molar-refractivity contribution in [1.82, 2.24) is 4.90 Å². The molecule has 0 aromatic carbocycles. The highest BCUT2D eigenvalue weighted by molar-refractivity contribution is 7.16. The number of carbonyl (C=O) groups excluding carboxylic acids is 2. The number of ether oxygens (including phenoxy) is 1. The highest BCUT2D eigenvalue weighted by Crippen LogP contribution is 2.48. The molecule has 1 aliphatic carbocycles. The minimum Gasteiger partial charge on any atom is -0.465 e. The fourth-order valence-electron chi connectivity index (χ4n) is 3.95. The van der Waals surface area contributed by atoms with Crippen LogP contribution in [-0.4, -0.2) is 37.0 Å². The number of hydrogen-bond acceptors (Lipinski definition) is 6. The van der Waals surface area contributed by atoms with Crippen LogP contribution in [0.25, 0.3) is 0 Å². The third-order valence-electron chi connectivity index (χ3n) is 5.56. The van der Waals surface area contributed by atoms with E-state index in [4.69, 9.17) is 4.74 Å². The van der Waals surface area contributed by atoms with Gasteiger partial charge in [-0.3, -0.25) is 9.69 Å². The Bertz CT molecular complexity index is 882. The lowest BCUT2D eigenvalue weighted by Gasteiger charge is -2.35. The molecule has 1 saturated carbocycles. The molecule has 144 valence electrons. The fourth-order valence-corrected chi connectivity index (χ4v) is 5.93. The first kappa shape index (κ1) is 18.7. The molecular formula is C20H24N2O3S2. The van der Waals surface area contributed by atoms with E-state index in [1.807, 2.05) is 25.2 Å². The van der Waals surface area contributed by atoms with Crippen molar-refractivity contribution in [3.8, 4) is 0 Å². The smallest absolute Gasteiger partial charge is 0.341 e. The van der Waals surface area contributed by atoms with Crippen molar-refractivity contribution in [2.24, 2.45) is 5.92 Å². The quantitative estimate of drug-likeness (QED) is 0.760. The third-order valence-corrected chi connectivity index (χ3v) is 7.68. The van der Waals surface area contributed by atoms with E-state index >= 15 is 0 Å². The van der Waals surface area contributed by atoms with E-state index in [-0.39, 0.29) is 5.91 Å². The Morgan fingerprint density at radius 3 is 2.81 bits per heavy atom. The Morgan fingerprint density at radius 1 is 1.33 bits per heavy atom. The van der Waals surface area contributed by atoms with Crippen molar-refractivity contribution in [2.75, 3.05) is 25.5 Å². The van der Waals surface area contributed by atoms with E-state index in [1.54, 1.807) is 0 Å². The van der Waals surface area contributed by atoms with Gasteiger partial charge in [0.15, 0.2) is 0 Å². The number of nitrogens with zero attached hydrogens (tertiary/aromatic N) is 1. The largest absolute Gasteiger partial charge is 0.465 e. The number of esters is 1. The van der Waals surface area contributed by atoms with E-state index < -0.39 is 5.97 Å². The first-order chi connectivity index (χ1) is 13.0. The van der Waals surface area contributed by atoms with Crippen LogP contribution < -0.4 is 5.32 Å². The Hall–Kier alpha value is -1.70. The summed E-state index contributed by atoms with van der Waals surface area (Å²) in [6.07, 6.45) is 3.50. The second-order valence-electron chi connectivity index (χ2n) is 7.33. The monoisotopic (exact) mass is 404 g/mol. The van der Waals surface area contributed by atoms with Crippen molar-refractivity contribution in [1.29, 1.82) is 0 Å². The first-order valence-electron chi connectivity index (χ1n) is 9.28. The number of rotatable bonds is 5. The number of aryl methyl sites for hydroxylation is 1. The predicted octanol–water partition coefficient (Wildman–Crippen LogP) is 4.16. The SMILES string of the molecule is COC(=O)c1c(NC(=O)CN2CCc3sccc3[C@H]2C2CC2)sc(C)c1C. The van der Waals surface area contributed by atoms with E-state index in [0.717, 1.165) is 23.4 Å². The lowest BCUT2D eigenvalue weighted by Crippen LogP contribution is -2.41. The molecular weight excluding hydrogens is 380 g/mol. The molecule has 0 radical (unpaired) electrons. The molecule has 1 N–H and O–H groups in total. The molecule has 2 aromatic rings. The summed E-state index contributed by atoms with van der Waals surface area (Å²) < 4.78 is 4.90. The van der Waals surface area contributed by atoms with E-state index in [0.29, 0.717) is 29.1 Å². The number of fused-ring (bicyclic) bond motifs is 1. The second-order valence-corrected chi connectivity index (χ2v) is 9.55. The summed E-state index contributed by atoms with van der Waals surface area (Å²) in [7, 11) is 1.37. The Morgan fingerprint density at radius 2 is 2.11 bits per heavy atom. The zero-order chi connectivity index (χ0) is 19.1. The van der Waals surface area contributed by atoms with Crippen LogP contribution in [-0.2, 0) is 16.0 Å². The van der Waals surface area contributed by atoms with Gasteiger partial charge in [-0.2, -0.15) is 0 Å². The predicted molar refractivity (Wildman–Crippen MR) is 109 cm³/mol. The lowest BCUT2D eigenvalue weighted by atomic mass is 9.96. The molecule has 2 aliphatic rings. The zero-order valence-corrected chi connectivity index (χ0v) is 17.5. The van der Waals surface area contributed by atoms with E-state index in [1.165, 1.54) is 41.7 Å². The van der Waals surface area contributed by atoms with E-state index in [9.17, 15) is 9.59 Å². The molecule has 3 heterocycles. The zero-order valence-electron chi connectivity index (χ0n) is 15.8. The highest BCUT2D eigenvalue weighted by Gasteiger charge is 2.40. The van der Waals surface area contributed by atoms with Crippen LogP contribution in [0.5, 0.6) is 0 Å². The van der Waals surface area contributed by atoms with Gasteiger partial charge in [0.2, 0.25) is 5.91 Å². The molecule has 1 amide bonds. The molecule has 1 aliphatic heterocycles. The Balaban J connectivity index is 1.50. The summed E-state index contributed by atoms with van der Waals surface area (Å²) in [5, 5.41) is 5.74. The van der Waals surface area contributed by atoms with Gasteiger partial charge >= 0.3 is 5.97 Å². The molecule has 0 spiro atoms. The van der Waals surface area contributed by atoms with Gasteiger partial charge in [0.1, 0.15) is 5.00 Å². The summed E-state index contributed by atoms with van der Waals surface area (Å²) in [4.78, 5) is 29.7. The van der Waals surface area contributed by atoms with Crippen molar-refractivity contribution in [3.63, 3.8) is 0 Å². The molecule has 2 aromatic heterocycles. The molecule has 1 atom stereocenters. The van der Waals surface area contributed by atoms with Crippen LogP contribution in [0.2, 0.25) is 0 Å². The van der Waals surface area contributed by atoms with Crippen molar-refractivity contribution in [2.45, 2.75) is 39.2 Å². The lowest BCUT2D eigenvalue weighted by molar-refractivity contribution is -0.118. The van der Waals surface area contributed by atoms with Gasteiger partial charge in [0, 0.05) is 22.3 Å². The minimum absolute atomic E-state index is 0.0641. The molecule has 0 unspecified atom stereocenters.